The third kappa shape index (κ3) is 1.22. The lowest BCUT2D eigenvalue weighted by Gasteiger charge is -2.03. The summed E-state index contributed by atoms with van der Waals surface area (Å²) >= 11 is 0. The molecule has 2 N–H and O–H groups in total. The van der Waals surface area contributed by atoms with Crippen LogP contribution in [-0.4, -0.2) is 16.7 Å². The molecule has 3 nitrogen and oxygen atoms in total. The van der Waals surface area contributed by atoms with Crippen molar-refractivity contribution in [3.8, 4) is 11.5 Å². The highest BCUT2D eigenvalue weighted by Gasteiger charge is 2.05. The van der Waals surface area contributed by atoms with Gasteiger partial charge in [0, 0.05) is 11.6 Å². The summed E-state index contributed by atoms with van der Waals surface area (Å²) in [5.41, 5.74) is 0.849. The van der Waals surface area contributed by atoms with E-state index in [1.54, 1.807) is 6.20 Å². The molecule has 0 atom stereocenters. The van der Waals surface area contributed by atoms with E-state index in [1.165, 1.54) is 0 Å². The first kappa shape index (κ1) is 7.98. The summed E-state index contributed by atoms with van der Waals surface area (Å²) in [4.78, 5) is 2.97. The SMILES string of the molecule is CCOc1cccc2c(O)c[nH]c12. The maximum Gasteiger partial charge on any atom is 0.143 e. The second kappa shape index (κ2) is 3.01. The number of hydrogen-bond donors (Lipinski definition) is 2. The lowest BCUT2D eigenvalue weighted by molar-refractivity contribution is 0.343. The fourth-order valence-corrected chi connectivity index (χ4v) is 1.39. The summed E-state index contributed by atoms with van der Waals surface area (Å²) in [6, 6.07) is 5.59. The largest absolute Gasteiger partial charge is 0.506 e. The molecule has 2 rings (SSSR count). The van der Waals surface area contributed by atoms with E-state index >= 15 is 0 Å². The molecule has 0 saturated heterocycles. The van der Waals surface area contributed by atoms with E-state index in [4.69, 9.17) is 4.74 Å². The standard InChI is InChI=1S/C10H11NO2/c1-2-13-9-5-3-4-7-8(12)6-11-10(7)9/h3-6,11-12H,2H2,1H3. The van der Waals surface area contributed by atoms with E-state index in [0.29, 0.717) is 6.61 Å². The Labute approximate surface area is 76.0 Å². The molecule has 2 aromatic rings. The number of H-pyrrole nitrogens is 1. The first-order valence-corrected chi connectivity index (χ1v) is 4.24. The van der Waals surface area contributed by atoms with Gasteiger partial charge in [0.15, 0.2) is 0 Å². The fraction of sp³-hybridized carbons (Fsp3) is 0.200. The van der Waals surface area contributed by atoms with Gasteiger partial charge in [-0.05, 0) is 19.1 Å². The highest BCUT2D eigenvalue weighted by atomic mass is 16.5. The lowest BCUT2D eigenvalue weighted by atomic mass is 10.2. The maximum atomic E-state index is 9.42. The smallest absolute Gasteiger partial charge is 0.143 e. The third-order valence-electron chi connectivity index (χ3n) is 1.96. The molecular formula is C10H11NO2. The summed E-state index contributed by atoms with van der Waals surface area (Å²) in [6.45, 7) is 2.56. The molecule has 13 heavy (non-hydrogen) atoms. The summed E-state index contributed by atoms with van der Waals surface area (Å²) in [7, 11) is 0. The van der Waals surface area contributed by atoms with Gasteiger partial charge < -0.3 is 14.8 Å². The van der Waals surface area contributed by atoms with Crippen molar-refractivity contribution in [2.45, 2.75) is 6.92 Å². The van der Waals surface area contributed by atoms with Gasteiger partial charge in [0.05, 0.1) is 12.1 Å². The number of benzene rings is 1. The van der Waals surface area contributed by atoms with Gasteiger partial charge in [0.25, 0.3) is 0 Å². The number of para-hydroxylation sites is 1. The molecule has 0 aliphatic heterocycles. The molecule has 1 heterocycles. The highest BCUT2D eigenvalue weighted by Crippen LogP contribution is 2.30. The number of hydrogen-bond acceptors (Lipinski definition) is 2. The van der Waals surface area contributed by atoms with Crippen LogP contribution >= 0.6 is 0 Å². The quantitative estimate of drug-likeness (QED) is 0.739. The lowest BCUT2D eigenvalue weighted by Crippen LogP contribution is -1.91. The van der Waals surface area contributed by atoms with Gasteiger partial charge in [-0.25, -0.2) is 0 Å². The van der Waals surface area contributed by atoms with Crippen molar-refractivity contribution < 1.29 is 9.84 Å². The van der Waals surface area contributed by atoms with Crippen molar-refractivity contribution in [2.24, 2.45) is 0 Å². The van der Waals surface area contributed by atoms with Gasteiger partial charge in [-0.3, -0.25) is 0 Å². The summed E-state index contributed by atoms with van der Waals surface area (Å²) in [5.74, 6) is 1.04. The van der Waals surface area contributed by atoms with Crippen LogP contribution in [0.5, 0.6) is 11.5 Å². The molecule has 3 heteroatoms. The maximum absolute atomic E-state index is 9.42. The van der Waals surface area contributed by atoms with Crippen LogP contribution in [0.25, 0.3) is 10.9 Å². The molecule has 68 valence electrons. The predicted molar refractivity (Wildman–Crippen MR) is 51.1 cm³/mol. The van der Waals surface area contributed by atoms with Crippen LogP contribution in [0.15, 0.2) is 24.4 Å². The molecule has 0 amide bonds. The Morgan fingerprint density at radius 1 is 1.46 bits per heavy atom. The van der Waals surface area contributed by atoms with Gasteiger partial charge in [-0.1, -0.05) is 6.07 Å². The van der Waals surface area contributed by atoms with E-state index < -0.39 is 0 Å². The zero-order valence-electron chi connectivity index (χ0n) is 7.37. The molecule has 0 bridgehead atoms. The van der Waals surface area contributed by atoms with E-state index in [9.17, 15) is 5.11 Å². The topological polar surface area (TPSA) is 45.2 Å². The number of nitrogens with one attached hydrogen (secondary N) is 1. The van der Waals surface area contributed by atoms with Crippen molar-refractivity contribution in [3.63, 3.8) is 0 Å². The molecule has 0 spiro atoms. The highest BCUT2D eigenvalue weighted by molar-refractivity contribution is 5.90. The average molecular weight is 177 g/mol. The fourth-order valence-electron chi connectivity index (χ4n) is 1.39. The molecule has 1 aromatic carbocycles. The van der Waals surface area contributed by atoms with Gasteiger partial charge in [0.2, 0.25) is 0 Å². The summed E-state index contributed by atoms with van der Waals surface area (Å²) < 4.78 is 5.39. The Morgan fingerprint density at radius 3 is 3.08 bits per heavy atom. The van der Waals surface area contributed by atoms with Gasteiger partial charge in [0.1, 0.15) is 11.5 Å². The van der Waals surface area contributed by atoms with Crippen LogP contribution < -0.4 is 4.74 Å². The minimum atomic E-state index is 0.261. The van der Waals surface area contributed by atoms with E-state index in [-0.39, 0.29) is 5.75 Å². The molecular weight excluding hydrogens is 166 g/mol. The molecule has 0 aliphatic rings. The summed E-state index contributed by atoms with van der Waals surface area (Å²) in [6.07, 6.45) is 1.56. The van der Waals surface area contributed by atoms with Crippen LogP contribution in [0, 0.1) is 0 Å². The van der Waals surface area contributed by atoms with Crippen molar-refractivity contribution in [1.29, 1.82) is 0 Å². The Morgan fingerprint density at radius 2 is 2.31 bits per heavy atom. The zero-order chi connectivity index (χ0) is 9.26. The first-order valence-electron chi connectivity index (χ1n) is 4.24. The van der Waals surface area contributed by atoms with E-state index in [1.807, 2.05) is 25.1 Å². The van der Waals surface area contributed by atoms with E-state index in [0.717, 1.165) is 16.7 Å². The zero-order valence-corrected chi connectivity index (χ0v) is 7.37. The first-order chi connectivity index (χ1) is 6.33. The molecule has 0 unspecified atom stereocenters. The Hall–Kier alpha value is -1.64. The number of ether oxygens (including phenoxy) is 1. The molecule has 0 aliphatic carbocycles. The monoisotopic (exact) mass is 177 g/mol. The minimum absolute atomic E-state index is 0.261. The third-order valence-corrected chi connectivity index (χ3v) is 1.96. The van der Waals surface area contributed by atoms with Crippen LogP contribution in [0.3, 0.4) is 0 Å². The molecule has 0 saturated carbocycles. The van der Waals surface area contributed by atoms with Gasteiger partial charge >= 0.3 is 0 Å². The van der Waals surface area contributed by atoms with Crippen molar-refractivity contribution >= 4 is 10.9 Å². The number of aromatic nitrogens is 1. The molecule has 0 fully saturated rings. The summed E-state index contributed by atoms with van der Waals surface area (Å²) in [5, 5.41) is 10.2. The average Bonchev–Trinajstić information content (AvgIpc) is 2.50. The molecule has 1 aromatic heterocycles. The molecule has 0 radical (unpaired) electrons. The van der Waals surface area contributed by atoms with E-state index in [2.05, 4.69) is 4.98 Å². The van der Waals surface area contributed by atoms with Crippen LogP contribution in [-0.2, 0) is 0 Å². The number of fused-ring (bicyclic) bond motifs is 1. The number of aromatic amines is 1. The van der Waals surface area contributed by atoms with Gasteiger partial charge in [-0.15, -0.1) is 0 Å². The Bertz CT molecular complexity index is 420. The Balaban J connectivity index is 2.63. The van der Waals surface area contributed by atoms with Crippen molar-refractivity contribution in [2.75, 3.05) is 6.61 Å². The number of rotatable bonds is 2. The predicted octanol–water partition coefficient (Wildman–Crippen LogP) is 2.27. The second-order valence-electron chi connectivity index (χ2n) is 2.79. The van der Waals surface area contributed by atoms with Crippen LogP contribution in [0.2, 0.25) is 0 Å². The Kier molecular flexibility index (Phi) is 1.85. The van der Waals surface area contributed by atoms with Crippen LogP contribution in [0.1, 0.15) is 6.92 Å². The normalized spacial score (nSPS) is 10.5. The van der Waals surface area contributed by atoms with Crippen molar-refractivity contribution in [3.05, 3.63) is 24.4 Å². The minimum Gasteiger partial charge on any atom is -0.506 e. The second-order valence-corrected chi connectivity index (χ2v) is 2.79. The van der Waals surface area contributed by atoms with Gasteiger partial charge in [-0.2, -0.15) is 0 Å². The van der Waals surface area contributed by atoms with Crippen LogP contribution in [0.4, 0.5) is 0 Å². The van der Waals surface area contributed by atoms with Crippen molar-refractivity contribution in [1.82, 2.24) is 4.98 Å². The number of aromatic hydroxyl groups is 1.